The third kappa shape index (κ3) is 3.79. The van der Waals surface area contributed by atoms with Crippen LogP contribution in [0, 0.1) is 5.92 Å². The normalized spacial score (nSPS) is 26.9. The van der Waals surface area contributed by atoms with Gasteiger partial charge in [-0.25, -0.2) is 0 Å². The summed E-state index contributed by atoms with van der Waals surface area (Å²) in [5, 5.41) is 24.1. The number of carbonyl (C=O) groups is 1. The zero-order valence-electron chi connectivity index (χ0n) is 14.2. The highest BCUT2D eigenvalue weighted by molar-refractivity contribution is 5.75. The first-order valence-corrected chi connectivity index (χ1v) is 8.77. The first-order valence-electron chi connectivity index (χ1n) is 8.77. The average molecular weight is 337 g/mol. The maximum atomic E-state index is 12.4. The van der Waals surface area contributed by atoms with Crippen molar-refractivity contribution in [1.29, 1.82) is 0 Å². The number of fused-ring (bicyclic) bond motifs is 1. The summed E-state index contributed by atoms with van der Waals surface area (Å²) in [7, 11) is 1.73. The molecule has 0 bridgehead atoms. The number of ether oxygens (including phenoxy) is 1. The van der Waals surface area contributed by atoms with Crippen molar-refractivity contribution in [2.45, 2.75) is 50.9 Å². The summed E-state index contributed by atoms with van der Waals surface area (Å²) in [5.74, 6) is -0.234. The number of amides is 1. The minimum Gasteiger partial charge on any atom is -0.390 e. The Balaban J connectivity index is 1.50. The molecular formula is C17H27N3O4. The number of rotatable bonds is 5. The molecular weight excluding hydrogens is 310 g/mol. The smallest absolute Gasteiger partial charge is 0.224 e. The van der Waals surface area contributed by atoms with E-state index in [9.17, 15) is 15.0 Å². The number of nitrogens with zero attached hydrogens (tertiary/aromatic N) is 3. The number of aromatic nitrogens is 2. The molecule has 1 amide bonds. The average Bonchev–Trinajstić information content (AvgIpc) is 3.00. The maximum Gasteiger partial charge on any atom is 0.224 e. The van der Waals surface area contributed by atoms with E-state index in [0.717, 1.165) is 12.8 Å². The van der Waals surface area contributed by atoms with Crippen molar-refractivity contribution in [3.05, 3.63) is 17.5 Å². The van der Waals surface area contributed by atoms with Crippen molar-refractivity contribution in [3.8, 4) is 0 Å². The number of hydrogen-bond acceptors (Lipinski definition) is 5. The third-order valence-corrected chi connectivity index (χ3v) is 5.11. The van der Waals surface area contributed by atoms with Gasteiger partial charge in [0.1, 0.15) is 6.10 Å². The Kier molecular flexibility index (Phi) is 5.53. The quantitative estimate of drug-likeness (QED) is 0.788. The van der Waals surface area contributed by atoms with E-state index >= 15 is 0 Å². The van der Waals surface area contributed by atoms with Gasteiger partial charge >= 0.3 is 0 Å². The van der Waals surface area contributed by atoms with Crippen LogP contribution in [0.1, 0.15) is 30.5 Å². The molecule has 24 heavy (non-hydrogen) atoms. The van der Waals surface area contributed by atoms with Crippen LogP contribution in [0.25, 0.3) is 0 Å². The van der Waals surface area contributed by atoms with Crippen LogP contribution >= 0.6 is 0 Å². The van der Waals surface area contributed by atoms with E-state index in [-0.39, 0.29) is 18.4 Å². The van der Waals surface area contributed by atoms with E-state index in [1.54, 1.807) is 11.9 Å². The molecule has 2 heterocycles. The highest BCUT2D eigenvalue weighted by Gasteiger charge is 2.32. The highest BCUT2D eigenvalue weighted by atomic mass is 16.5. The minimum absolute atomic E-state index is 0.0160. The van der Waals surface area contributed by atoms with Gasteiger partial charge in [-0.05, 0) is 31.2 Å². The van der Waals surface area contributed by atoms with Crippen LogP contribution < -0.4 is 0 Å². The van der Waals surface area contributed by atoms with Crippen LogP contribution in [0.4, 0.5) is 0 Å². The predicted molar refractivity (Wildman–Crippen MR) is 87.4 cm³/mol. The van der Waals surface area contributed by atoms with Crippen molar-refractivity contribution in [2.75, 3.05) is 26.8 Å². The van der Waals surface area contributed by atoms with Gasteiger partial charge in [-0.15, -0.1) is 0 Å². The van der Waals surface area contributed by atoms with Crippen LogP contribution in [0.3, 0.4) is 0 Å². The van der Waals surface area contributed by atoms with Crippen molar-refractivity contribution >= 4 is 5.91 Å². The van der Waals surface area contributed by atoms with Gasteiger partial charge in [0.2, 0.25) is 5.91 Å². The lowest BCUT2D eigenvalue weighted by molar-refractivity contribution is -0.140. The summed E-state index contributed by atoms with van der Waals surface area (Å²) in [4.78, 5) is 14.0. The molecule has 3 rings (SSSR count). The number of aliphatic hydroxyl groups is 2. The molecule has 1 aromatic heterocycles. The fraction of sp³-hybridized carbons (Fsp3) is 0.765. The van der Waals surface area contributed by atoms with Crippen molar-refractivity contribution < 1.29 is 19.7 Å². The first-order chi connectivity index (χ1) is 11.6. The summed E-state index contributed by atoms with van der Waals surface area (Å²) < 4.78 is 7.23. The molecule has 0 aromatic carbocycles. The Morgan fingerprint density at radius 1 is 1.38 bits per heavy atom. The lowest BCUT2D eigenvalue weighted by Crippen LogP contribution is -2.48. The Morgan fingerprint density at radius 3 is 3.00 bits per heavy atom. The topological polar surface area (TPSA) is 87.8 Å². The van der Waals surface area contributed by atoms with Crippen LogP contribution in [-0.2, 0) is 28.9 Å². The molecule has 1 saturated heterocycles. The number of carbonyl (C=O) groups excluding carboxylic acids is 1. The molecule has 3 atom stereocenters. The SMILES string of the molecule is CN(C[C@@H]1COC[C@@H](O)[C@H]1O)C(=O)CCn1ncc2c1CCCC2. The molecule has 0 spiro atoms. The molecule has 0 unspecified atom stereocenters. The van der Waals surface area contributed by atoms with E-state index in [1.807, 2.05) is 10.9 Å². The molecule has 1 fully saturated rings. The lowest BCUT2D eigenvalue weighted by Gasteiger charge is -2.34. The molecule has 134 valence electrons. The van der Waals surface area contributed by atoms with Crippen molar-refractivity contribution in [1.82, 2.24) is 14.7 Å². The molecule has 2 aliphatic rings. The van der Waals surface area contributed by atoms with Crippen molar-refractivity contribution in [3.63, 3.8) is 0 Å². The van der Waals surface area contributed by atoms with E-state index < -0.39 is 12.2 Å². The second-order valence-corrected chi connectivity index (χ2v) is 6.93. The van der Waals surface area contributed by atoms with E-state index in [1.165, 1.54) is 24.1 Å². The summed E-state index contributed by atoms with van der Waals surface area (Å²) in [6.45, 7) is 1.49. The van der Waals surface area contributed by atoms with Crippen LogP contribution in [0.2, 0.25) is 0 Å². The molecule has 1 aromatic rings. The van der Waals surface area contributed by atoms with Gasteiger partial charge in [0.25, 0.3) is 0 Å². The molecule has 0 saturated carbocycles. The molecule has 0 radical (unpaired) electrons. The van der Waals surface area contributed by atoms with Gasteiger partial charge in [-0.3, -0.25) is 9.48 Å². The fourth-order valence-corrected chi connectivity index (χ4v) is 3.61. The summed E-state index contributed by atoms with van der Waals surface area (Å²) in [5.41, 5.74) is 2.59. The number of aliphatic hydroxyl groups excluding tert-OH is 2. The minimum atomic E-state index is -0.872. The van der Waals surface area contributed by atoms with Gasteiger partial charge in [0.05, 0.1) is 25.5 Å². The van der Waals surface area contributed by atoms with Gasteiger partial charge in [0, 0.05) is 38.2 Å². The van der Waals surface area contributed by atoms with E-state index in [0.29, 0.717) is 26.1 Å². The fourth-order valence-electron chi connectivity index (χ4n) is 3.61. The zero-order valence-corrected chi connectivity index (χ0v) is 14.2. The molecule has 7 nitrogen and oxygen atoms in total. The van der Waals surface area contributed by atoms with Gasteiger partial charge in [0.15, 0.2) is 0 Å². The molecule has 7 heteroatoms. The molecule has 1 aliphatic heterocycles. The molecule has 2 N–H and O–H groups in total. The standard InChI is InChI=1S/C17H27N3O4/c1-19(9-13-10-24-11-15(21)17(13)23)16(22)6-7-20-14-5-3-2-4-12(14)8-18-20/h8,13,15,17,21,23H,2-7,9-11H2,1H3/t13-,15-,17+/m1/s1. The largest absolute Gasteiger partial charge is 0.390 e. The van der Waals surface area contributed by atoms with Gasteiger partial charge in [-0.2, -0.15) is 5.10 Å². The molecule has 1 aliphatic carbocycles. The second-order valence-electron chi connectivity index (χ2n) is 6.93. The van der Waals surface area contributed by atoms with Gasteiger partial charge < -0.3 is 19.8 Å². The van der Waals surface area contributed by atoms with Crippen LogP contribution in [-0.4, -0.2) is 69.8 Å². The Hall–Kier alpha value is -1.44. The maximum absolute atomic E-state index is 12.4. The Labute approximate surface area is 142 Å². The van der Waals surface area contributed by atoms with E-state index in [4.69, 9.17) is 4.74 Å². The number of aryl methyl sites for hydroxylation is 2. The van der Waals surface area contributed by atoms with Crippen LogP contribution in [0.5, 0.6) is 0 Å². The summed E-state index contributed by atoms with van der Waals surface area (Å²) in [6.07, 6.45) is 5.15. The zero-order chi connectivity index (χ0) is 17.1. The third-order valence-electron chi connectivity index (χ3n) is 5.11. The van der Waals surface area contributed by atoms with E-state index in [2.05, 4.69) is 5.10 Å². The summed E-state index contributed by atoms with van der Waals surface area (Å²) in [6, 6.07) is 0. The lowest BCUT2D eigenvalue weighted by atomic mass is 9.96. The van der Waals surface area contributed by atoms with Crippen molar-refractivity contribution in [2.24, 2.45) is 5.92 Å². The number of hydrogen-bond donors (Lipinski definition) is 2. The second kappa shape index (κ2) is 7.63. The van der Waals surface area contributed by atoms with Gasteiger partial charge in [-0.1, -0.05) is 0 Å². The highest BCUT2D eigenvalue weighted by Crippen LogP contribution is 2.21. The first kappa shape index (κ1) is 17.4. The summed E-state index contributed by atoms with van der Waals surface area (Å²) >= 11 is 0. The van der Waals surface area contributed by atoms with Crippen LogP contribution in [0.15, 0.2) is 6.20 Å². The Bertz CT molecular complexity index is 574. The monoisotopic (exact) mass is 337 g/mol. The predicted octanol–water partition coefficient (Wildman–Crippen LogP) is -0.0214. The Morgan fingerprint density at radius 2 is 2.17 bits per heavy atom.